The van der Waals surface area contributed by atoms with Gasteiger partial charge in [0.2, 0.25) is 5.91 Å². The molecule has 0 saturated carbocycles. The summed E-state index contributed by atoms with van der Waals surface area (Å²) in [5.74, 6) is 1.39. The molecule has 0 aliphatic carbocycles. The molecule has 25 heavy (non-hydrogen) atoms. The number of aryl methyl sites for hydroxylation is 1. The van der Waals surface area contributed by atoms with E-state index in [9.17, 15) is 4.79 Å². The molecule has 0 aliphatic heterocycles. The molecule has 0 saturated heterocycles. The Morgan fingerprint density at radius 3 is 2.44 bits per heavy atom. The Bertz CT molecular complexity index is 834. The predicted molar refractivity (Wildman–Crippen MR) is 97.9 cm³/mol. The molecule has 0 fully saturated rings. The van der Waals surface area contributed by atoms with Gasteiger partial charge in [0.15, 0.2) is 5.16 Å². The van der Waals surface area contributed by atoms with Crippen LogP contribution in [-0.2, 0) is 11.8 Å². The van der Waals surface area contributed by atoms with E-state index in [0.717, 1.165) is 11.4 Å². The number of anilines is 1. The van der Waals surface area contributed by atoms with E-state index in [4.69, 9.17) is 4.74 Å². The first kappa shape index (κ1) is 17.0. The molecule has 1 amide bonds. The maximum atomic E-state index is 12.3. The third kappa shape index (κ3) is 4.60. The van der Waals surface area contributed by atoms with Crippen LogP contribution in [0.25, 0.3) is 0 Å². The van der Waals surface area contributed by atoms with Crippen LogP contribution < -0.4 is 10.1 Å². The molecule has 3 rings (SSSR count). The first-order valence-electron chi connectivity index (χ1n) is 7.76. The van der Waals surface area contributed by atoms with E-state index in [1.165, 1.54) is 11.8 Å². The maximum Gasteiger partial charge on any atom is 0.237 e. The number of aromatic nitrogens is 3. The maximum absolute atomic E-state index is 12.3. The number of nitrogens with zero attached hydrogens (tertiary/aromatic N) is 3. The minimum absolute atomic E-state index is 0.0928. The number of amides is 1. The van der Waals surface area contributed by atoms with Gasteiger partial charge in [-0.3, -0.25) is 4.79 Å². The summed E-state index contributed by atoms with van der Waals surface area (Å²) >= 11 is 1.36. The summed E-state index contributed by atoms with van der Waals surface area (Å²) in [5.41, 5.74) is 0.718. The van der Waals surface area contributed by atoms with Crippen molar-refractivity contribution < 1.29 is 9.53 Å². The second kappa shape index (κ2) is 7.85. The minimum Gasteiger partial charge on any atom is -0.457 e. The molecule has 0 bridgehead atoms. The number of hydrogen-bond donors (Lipinski definition) is 1. The van der Waals surface area contributed by atoms with Crippen molar-refractivity contribution in [2.75, 3.05) is 5.32 Å². The first-order chi connectivity index (χ1) is 12.1. The quantitative estimate of drug-likeness (QED) is 0.683. The number of ether oxygens (including phenoxy) is 1. The molecular formula is C18H18N4O2S. The second-order valence-electron chi connectivity index (χ2n) is 5.41. The average molecular weight is 354 g/mol. The Balaban J connectivity index is 1.57. The van der Waals surface area contributed by atoms with Crippen molar-refractivity contribution in [3.63, 3.8) is 0 Å². The smallest absolute Gasteiger partial charge is 0.237 e. The molecule has 3 aromatic rings. The Hall–Kier alpha value is -2.80. The van der Waals surface area contributed by atoms with Crippen molar-refractivity contribution in [1.29, 1.82) is 0 Å². The van der Waals surface area contributed by atoms with Crippen LogP contribution in [0.4, 0.5) is 5.69 Å². The largest absolute Gasteiger partial charge is 0.457 e. The third-order valence-corrected chi connectivity index (χ3v) is 4.57. The highest BCUT2D eigenvalue weighted by Gasteiger charge is 2.17. The van der Waals surface area contributed by atoms with Gasteiger partial charge in [-0.25, -0.2) is 0 Å². The summed E-state index contributed by atoms with van der Waals surface area (Å²) in [6.45, 7) is 1.83. The molecule has 128 valence electrons. The molecule has 0 aliphatic rings. The van der Waals surface area contributed by atoms with Gasteiger partial charge in [-0.05, 0) is 43.3 Å². The SMILES string of the molecule is CC(Sc1nncn1C)C(=O)Nc1ccc(Oc2ccccc2)cc1. The highest BCUT2D eigenvalue weighted by molar-refractivity contribution is 8.00. The van der Waals surface area contributed by atoms with Crippen molar-refractivity contribution >= 4 is 23.4 Å². The molecule has 1 heterocycles. The normalized spacial score (nSPS) is 11.8. The van der Waals surface area contributed by atoms with E-state index in [-0.39, 0.29) is 11.2 Å². The fraction of sp³-hybridized carbons (Fsp3) is 0.167. The molecule has 1 atom stereocenters. The second-order valence-corrected chi connectivity index (χ2v) is 6.72. The minimum atomic E-state index is -0.289. The number of nitrogens with one attached hydrogen (secondary N) is 1. The molecule has 1 aromatic heterocycles. The Morgan fingerprint density at radius 1 is 1.12 bits per heavy atom. The van der Waals surface area contributed by atoms with Gasteiger partial charge in [0, 0.05) is 12.7 Å². The predicted octanol–water partition coefficient (Wildman–Crippen LogP) is 3.73. The zero-order valence-electron chi connectivity index (χ0n) is 13.9. The van der Waals surface area contributed by atoms with Crippen LogP contribution in [0, 0.1) is 0 Å². The summed E-state index contributed by atoms with van der Waals surface area (Å²) < 4.78 is 7.52. The molecule has 1 unspecified atom stereocenters. The molecule has 0 radical (unpaired) electrons. The van der Waals surface area contributed by atoms with Gasteiger partial charge in [-0.1, -0.05) is 30.0 Å². The molecule has 6 nitrogen and oxygen atoms in total. The van der Waals surface area contributed by atoms with Gasteiger partial charge >= 0.3 is 0 Å². The molecule has 7 heteroatoms. The fourth-order valence-electron chi connectivity index (χ4n) is 2.07. The topological polar surface area (TPSA) is 69.0 Å². The van der Waals surface area contributed by atoms with E-state index >= 15 is 0 Å². The first-order valence-corrected chi connectivity index (χ1v) is 8.64. The van der Waals surface area contributed by atoms with Crippen molar-refractivity contribution in [1.82, 2.24) is 14.8 Å². The Kier molecular flexibility index (Phi) is 5.35. The van der Waals surface area contributed by atoms with E-state index in [1.807, 2.05) is 68.6 Å². The lowest BCUT2D eigenvalue weighted by molar-refractivity contribution is -0.115. The van der Waals surface area contributed by atoms with Gasteiger partial charge in [0.1, 0.15) is 17.8 Å². The summed E-state index contributed by atoms with van der Waals surface area (Å²) in [6, 6.07) is 16.8. The van der Waals surface area contributed by atoms with E-state index in [0.29, 0.717) is 10.9 Å². The van der Waals surface area contributed by atoms with Crippen LogP contribution in [0.5, 0.6) is 11.5 Å². The van der Waals surface area contributed by atoms with E-state index in [2.05, 4.69) is 15.5 Å². The number of carbonyl (C=O) groups excluding carboxylic acids is 1. The van der Waals surface area contributed by atoms with Crippen LogP contribution in [-0.4, -0.2) is 25.9 Å². The van der Waals surface area contributed by atoms with Gasteiger partial charge in [-0.15, -0.1) is 10.2 Å². The molecule has 1 N–H and O–H groups in total. The Morgan fingerprint density at radius 2 is 1.80 bits per heavy atom. The zero-order valence-corrected chi connectivity index (χ0v) is 14.7. The van der Waals surface area contributed by atoms with Crippen LogP contribution >= 0.6 is 11.8 Å². The van der Waals surface area contributed by atoms with Gasteiger partial charge in [0.25, 0.3) is 0 Å². The number of thioether (sulfide) groups is 1. The van der Waals surface area contributed by atoms with Gasteiger partial charge in [0.05, 0.1) is 5.25 Å². The van der Waals surface area contributed by atoms with Crippen LogP contribution in [0.3, 0.4) is 0 Å². The van der Waals surface area contributed by atoms with Crippen molar-refractivity contribution in [3.05, 3.63) is 60.9 Å². The van der Waals surface area contributed by atoms with E-state index < -0.39 is 0 Å². The number of para-hydroxylation sites is 1. The summed E-state index contributed by atoms with van der Waals surface area (Å²) in [4.78, 5) is 12.3. The lowest BCUT2D eigenvalue weighted by Crippen LogP contribution is -2.22. The monoisotopic (exact) mass is 354 g/mol. The number of rotatable bonds is 6. The number of carbonyl (C=O) groups is 1. The third-order valence-electron chi connectivity index (χ3n) is 3.42. The van der Waals surface area contributed by atoms with Gasteiger partial charge < -0.3 is 14.6 Å². The van der Waals surface area contributed by atoms with E-state index in [1.54, 1.807) is 10.9 Å². The van der Waals surface area contributed by atoms with Crippen molar-refractivity contribution in [2.24, 2.45) is 7.05 Å². The Labute approximate surface area is 150 Å². The number of hydrogen-bond acceptors (Lipinski definition) is 5. The lowest BCUT2D eigenvalue weighted by atomic mass is 10.3. The summed E-state index contributed by atoms with van der Waals surface area (Å²) in [7, 11) is 1.85. The lowest BCUT2D eigenvalue weighted by Gasteiger charge is -2.12. The van der Waals surface area contributed by atoms with Crippen molar-refractivity contribution in [2.45, 2.75) is 17.3 Å². The summed E-state index contributed by atoms with van der Waals surface area (Å²) in [6.07, 6.45) is 1.61. The molecule has 2 aromatic carbocycles. The van der Waals surface area contributed by atoms with Crippen LogP contribution in [0.15, 0.2) is 66.1 Å². The summed E-state index contributed by atoms with van der Waals surface area (Å²) in [5, 5.41) is 11.1. The highest BCUT2D eigenvalue weighted by Crippen LogP contribution is 2.24. The van der Waals surface area contributed by atoms with Crippen LogP contribution in [0.2, 0.25) is 0 Å². The standard InChI is InChI=1S/C18H18N4O2S/c1-13(25-18-21-19-12-22(18)2)17(23)20-14-8-10-16(11-9-14)24-15-6-4-3-5-7-15/h3-13H,1-2H3,(H,20,23). The van der Waals surface area contributed by atoms with Crippen molar-refractivity contribution in [3.8, 4) is 11.5 Å². The van der Waals surface area contributed by atoms with Crippen LogP contribution in [0.1, 0.15) is 6.92 Å². The highest BCUT2D eigenvalue weighted by atomic mass is 32.2. The average Bonchev–Trinajstić information content (AvgIpc) is 3.02. The van der Waals surface area contributed by atoms with Gasteiger partial charge in [-0.2, -0.15) is 0 Å². The number of benzene rings is 2. The fourth-order valence-corrected chi connectivity index (χ4v) is 2.86. The zero-order chi connectivity index (χ0) is 17.6. The molecular weight excluding hydrogens is 336 g/mol. The molecule has 0 spiro atoms.